The Bertz CT molecular complexity index is 470. The fourth-order valence-corrected chi connectivity index (χ4v) is 2.04. The summed E-state index contributed by atoms with van der Waals surface area (Å²) in [6.07, 6.45) is 1.10. The largest absolute Gasteiger partial charge is 0.476 e. The van der Waals surface area contributed by atoms with Gasteiger partial charge in [0.15, 0.2) is 0 Å². The van der Waals surface area contributed by atoms with Crippen LogP contribution in [0, 0.1) is 0 Å². The highest BCUT2D eigenvalue weighted by atomic mass is 19.1. The van der Waals surface area contributed by atoms with E-state index in [1.165, 1.54) is 4.90 Å². The van der Waals surface area contributed by atoms with Crippen molar-refractivity contribution in [1.29, 1.82) is 0 Å². The number of amides is 1. The van der Waals surface area contributed by atoms with Crippen LogP contribution in [0.2, 0.25) is 0 Å². The standard InChI is InChI=1S/C13H20FN3O3/c1-13(2,3)20-12(18)16(7-5-14)10-8-17-11(19-9-10)4-6-15-17/h4,6,10H,5,7-9H2,1-3H3/t10-/m0/s1. The SMILES string of the molecule is CC(C)(C)OC(=O)N(CCF)[C@@H]1COc2ccnn2C1. The molecule has 1 aromatic heterocycles. The number of alkyl halides is 1. The summed E-state index contributed by atoms with van der Waals surface area (Å²) in [7, 11) is 0. The molecule has 0 bridgehead atoms. The van der Waals surface area contributed by atoms with E-state index in [1.807, 2.05) is 0 Å². The Kier molecular flexibility index (Phi) is 4.15. The molecule has 20 heavy (non-hydrogen) atoms. The van der Waals surface area contributed by atoms with E-state index in [0.29, 0.717) is 19.0 Å². The van der Waals surface area contributed by atoms with Gasteiger partial charge in [0, 0.05) is 6.07 Å². The Balaban J connectivity index is 2.07. The first kappa shape index (κ1) is 14.6. The molecule has 2 rings (SSSR count). The fourth-order valence-electron chi connectivity index (χ4n) is 2.04. The van der Waals surface area contributed by atoms with E-state index in [-0.39, 0.29) is 12.6 Å². The van der Waals surface area contributed by atoms with Crippen molar-refractivity contribution in [2.24, 2.45) is 0 Å². The summed E-state index contributed by atoms with van der Waals surface area (Å²) in [6.45, 7) is 5.48. The summed E-state index contributed by atoms with van der Waals surface area (Å²) in [6, 6.07) is 1.47. The summed E-state index contributed by atoms with van der Waals surface area (Å²) in [5.41, 5.74) is -0.613. The third-order valence-electron chi connectivity index (χ3n) is 2.88. The number of carbonyl (C=O) groups is 1. The molecule has 1 atom stereocenters. The average molecular weight is 285 g/mol. The number of hydrogen-bond acceptors (Lipinski definition) is 4. The van der Waals surface area contributed by atoms with Crippen LogP contribution < -0.4 is 4.74 Å². The van der Waals surface area contributed by atoms with E-state index in [4.69, 9.17) is 9.47 Å². The van der Waals surface area contributed by atoms with Crippen LogP contribution in [0.15, 0.2) is 12.3 Å². The summed E-state index contributed by atoms with van der Waals surface area (Å²) in [5, 5.41) is 4.10. The van der Waals surface area contributed by atoms with Gasteiger partial charge in [0.1, 0.15) is 18.9 Å². The molecule has 1 aromatic rings. The van der Waals surface area contributed by atoms with Crippen LogP contribution in [0.25, 0.3) is 0 Å². The molecule has 2 heterocycles. The highest BCUT2D eigenvalue weighted by Crippen LogP contribution is 2.20. The molecule has 0 spiro atoms. The van der Waals surface area contributed by atoms with E-state index >= 15 is 0 Å². The molecule has 1 aliphatic heterocycles. The monoisotopic (exact) mass is 285 g/mol. The molecule has 0 fully saturated rings. The van der Waals surface area contributed by atoms with Crippen LogP contribution in [-0.4, -0.2) is 52.2 Å². The van der Waals surface area contributed by atoms with Crippen LogP contribution in [0.1, 0.15) is 20.8 Å². The zero-order valence-electron chi connectivity index (χ0n) is 12.0. The van der Waals surface area contributed by atoms with Crippen molar-refractivity contribution in [3.63, 3.8) is 0 Å². The van der Waals surface area contributed by atoms with Gasteiger partial charge in [-0.1, -0.05) is 0 Å². The molecule has 0 aliphatic carbocycles. The number of hydrogen-bond donors (Lipinski definition) is 0. The summed E-state index contributed by atoms with van der Waals surface area (Å²) >= 11 is 0. The Morgan fingerprint density at radius 1 is 1.65 bits per heavy atom. The van der Waals surface area contributed by atoms with E-state index in [2.05, 4.69) is 5.10 Å². The molecule has 1 amide bonds. The number of aromatic nitrogens is 2. The number of ether oxygens (including phenoxy) is 2. The molecular weight excluding hydrogens is 265 g/mol. The molecule has 7 heteroatoms. The number of halogens is 1. The maximum atomic E-state index is 12.7. The predicted octanol–water partition coefficient (Wildman–Crippen LogP) is 1.85. The van der Waals surface area contributed by atoms with Gasteiger partial charge in [-0.3, -0.25) is 4.90 Å². The van der Waals surface area contributed by atoms with Gasteiger partial charge in [-0.25, -0.2) is 13.9 Å². The Hall–Kier alpha value is -1.79. The minimum atomic E-state index is -0.623. The van der Waals surface area contributed by atoms with Gasteiger partial charge in [0.05, 0.1) is 25.3 Å². The van der Waals surface area contributed by atoms with Crippen LogP contribution in [0.3, 0.4) is 0 Å². The highest BCUT2D eigenvalue weighted by Gasteiger charge is 2.31. The first-order chi connectivity index (χ1) is 9.40. The van der Waals surface area contributed by atoms with Gasteiger partial charge in [0.2, 0.25) is 5.88 Å². The Morgan fingerprint density at radius 2 is 2.40 bits per heavy atom. The van der Waals surface area contributed by atoms with Crippen LogP contribution in [0.4, 0.5) is 9.18 Å². The van der Waals surface area contributed by atoms with E-state index in [1.54, 1.807) is 37.7 Å². The van der Waals surface area contributed by atoms with Crippen molar-refractivity contribution in [3.8, 4) is 5.88 Å². The second-order valence-corrected chi connectivity index (χ2v) is 5.68. The fraction of sp³-hybridized carbons (Fsp3) is 0.692. The first-order valence-corrected chi connectivity index (χ1v) is 6.61. The third kappa shape index (κ3) is 3.40. The minimum Gasteiger partial charge on any atom is -0.476 e. The smallest absolute Gasteiger partial charge is 0.410 e. The van der Waals surface area contributed by atoms with Gasteiger partial charge in [-0.2, -0.15) is 5.10 Å². The lowest BCUT2D eigenvalue weighted by molar-refractivity contribution is 0.00144. The van der Waals surface area contributed by atoms with Crippen molar-refractivity contribution >= 4 is 6.09 Å². The molecule has 0 saturated carbocycles. The molecule has 112 valence electrons. The van der Waals surface area contributed by atoms with Crippen molar-refractivity contribution in [1.82, 2.24) is 14.7 Å². The number of nitrogens with zero attached hydrogens (tertiary/aromatic N) is 3. The average Bonchev–Trinajstić information content (AvgIpc) is 2.80. The molecule has 0 saturated heterocycles. The van der Waals surface area contributed by atoms with Crippen molar-refractivity contribution in [2.45, 2.75) is 39.0 Å². The third-order valence-corrected chi connectivity index (χ3v) is 2.88. The van der Waals surface area contributed by atoms with Crippen molar-refractivity contribution < 1.29 is 18.7 Å². The Morgan fingerprint density at radius 3 is 3.05 bits per heavy atom. The predicted molar refractivity (Wildman–Crippen MR) is 70.4 cm³/mol. The molecule has 0 unspecified atom stereocenters. The molecule has 0 radical (unpaired) electrons. The van der Waals surface area contributed by atoms with Crippen molar-refractivity contribution in [3.05, 3.63) is 12.3 Å². The van der Waals surface area contributed by atoms with Gasteiger partial charge in [0.25, 0.3) is 0 Å². The van der Waals surface area contributed by atoms with Crippen LogP contribution in [0.5, 0.6) is 5.88 Å². The first-order valence-electron chi connectivity index (χ1n) is 6.61. The van der Waals surface area contributed by atoms with E-state index < -0.39 is 18.4 Å². The summed E-state index contributed by atoms with van der Waals surface area (Å²) in [5.74, 6) is 0.658. The van der Waals surface area contributed by atoms with Gasteiger partial charge in [-0.05, 0) is 20.8 Å². The number of carbonyl (C=O) groups excluding carboxylic acids is 1. The number of fused-ring (bicyclic) bond motifs is 1. The molecule has 6 nitrogen and oxygen atoms in total. The second kappa shape index (κ2) is 5.68. The van der Waals surface area contributed by atoms with Crippen LogP contribution in [-0.2, 0) is 11.3 Å². The van der Waals surface area contributed by atoms with Crippen molar-refractivity contribution in [2.75, 3.05) is 19.8 Å². The second-order valence-electron chi connectivity index (χ2n) is 5.68. The number of rotatable bonds is 3. The molecule has 0 N–H and O–H groups in total. The lowest BCUT2D eigenvalue weighted by Crippen LogP contribution is -2.50. The zero-order valence-corrected chi connectivity index (χ0v) is 12.0. The Labute approximate surface area is 117 Å². The highest BCUT2D eigenvalue weighted by molar-refractivity contribution is 5.68. The molecular formula is C13H20FN3O3. The maximum absolute atomic E-state index is 12.7. The molecule has 1 aliphatic rings. The quantitative estimate of drug-likeness (QED) is 0.850. The van der Waals surface area contributed by atoms with E-state index in [0.717, 1.165) is 0 Å². The zero-order chi connectivity index (χ0) is 14.8. The lowest BCUT2D eigenvalue weighted by atomic mass is 10.2. The summed E-state index contributed by atoms with van der Waals surface area (Å²) < 4.78 is 25.2. The molecule has 0 aromatic carbocycles. The van der Waals surface area contributed by atoms with Gasteiger partial charge >= 0.3 is 6.09 Å². The lowest BCUT2D eigenvalue weighted by Gasteiger charge is -2.35. The minimum absolute atomic E-state index is 0.0143. The van der Waals surface area contributed by atoms with Crippen LogP contribution >= 0.6 is 0 Å². The summed E-state index contributed by atoms with van der Waals surface area (Å²) in [4.78, 5) is 13.5. The topological polar surface area (TPSA) is 56.6 Å². The van der Waals surface area contributed by atoms with Gasteiger partial charge in [-0.15, -0.1) is 0 Å². The maximum Gasteiger partial charge on any atom is 0.410 e. The van der Waals surface area contributed by atoms with Gasteiger partial charge < -0.3 is 9.47 Å². The normalized spacial score (nSPS) is 18.1. The van der Waals surface area contributed by atoms with E-state index in [9.17, 15) is 9.18 Å².